The largest absolute Gasteiger partial charge is 0.323 e. The fourth-order valence-electron chi connectivity index (χ4n) is 0.297. The molecule has 0 amide bonds. The van der Waals surface area contributed by atoms with Crippen molar-refractivity contribution in [1.82, 2.24) is 0 Å². The number of rotatable bonds is 3. The third kappa shape index (κ3) is 2.19. The van der Waals surface area contributed by atoms with Crippen LogP contribution in [0, 0.1) is 0 Å². The van der Waals surface area contributed by atoms with E-state index in [1.54, 1.807) is 12.2 Å². The Morgan fingerprint density at radius 1 is 1.38 bits per heavy atom. The Balaban J connectivity index is 3.60. The van der Waals surface area contributed by atoms with Crippen LogP contribution in [0.1, 0.15) is 0 Å². The first-order valence-corrected chi connectivity index (χ1v) is 2.92. The molecule has 0 spiro atoms. The number of hydrogen-bond donors (Lipinski definition) is 2. The van der Waals surface area contributed by atoms with Gasteiger partial charge in [-0.3, -0.25) is 0 Å². The van der Waals surface area contributed by atoms with Gasteiger partial charge in [0.2, 0.25) is 0 Å². The molecule has 0 rings (SSSR count). The predicted octanol–water partition coefficient (Wildman–Crippen LogP) is 0.984. The molecule has 0 radical (unpaired) electrons. The molecule has 0 fully saturated rings. The first kappa shape index (κ1) is 7.79. The van der Waals surface area contributed by atoms with Crippen molar-refractivity contribution in [3.8, 4) is 0 Å². The average Bonchev–Trinajstić information content (AvgIpc) is 1.84. The Morgan fingerprint density at radius 3 is 2.00 bits per heavy atom. The van der Waals surface area contributed by atoms with E-state index in [1.165, 1.54) is 0 Å². The van der Waals surface area contributed by atoms with Crippen molar-refractivity contribution >= 4 is 12.6 Å². The van der Waals surface area contributed by atoms with E-state index in [9.17, 15) is 0 Å². The van der Waals surface area contributed by atoms with Crippen molar-refractivity contribution in [3.63, 3.8) is 0 Å². The highest BCUT2D eigenvalue weighted by Crippen LogP contribution is 2.00. The zero-order valence-electron chi connectivity index (χ0n) is 4.75. The lowest BCUT2D eigenvalue weighted by Crippen LogP contribution is -2.26. The highest BCUT2D eigenvalue weighted by molar-refractivity contribution is 7.81. The van der Waals surface area contributed by atoms with Gasteiger partial charge in [0.25, 0.3) is 0 Å². The summed E-state index contributed by atoms with van der Waals surface area (Å²) in [6.45, 7) is 7.03. The van der Waals surface area contributed by atoms with Gasteiger partial charge in [-0.1, -0.05) is 12.2 Å². The highest BCUT2D eigenvalue weighted by atomic mass is 32.1. The Bertz CT molecular complexity index is 78.5. The van der Waals surface area contributed by atoms with Gasteiger partial charge >= 0.3 is 0 Å². The maximum absolute atomic E-state index is 5.46. The van der Waals surface area contributed by atoms with Crippen molar-refractivity contribution in [2.24, 2.45) is 5.73 Å². The Labute approximate surface area is 55.7 Å². The van der Waals surface area contributed by atoms with Crippen LogP contribution in [0.4, 0.5) is 0 Å². The summed E-state index contributed by atoms with van der Waals surface area (Å²) in [5, 5.41) is 0.0347. The summed E-state index contributed by atoms with van der Waals surface area (Å²) in [4.78, 5) is 0. The molecule has 0 heterocycles. The summed E-state index contributed by atoms with van der Waals surface area (Å²) in [6, 6.07) is -0.0733. The van der Waals surface area contributed by atoms with Gasteiger partial charge in [-0.2, -0.15) is 12.6 Å². The van der Waals surface area contributed by atoms with E-state index in [4.69, 9.17) is 5.73 Å². The van der Waals surface area contributed by atoms with E-state index in [0.717, 1.165) is 0 Å². The molecule has 1 nitrogen and oxygen atoms in total. The molecule has 2 atom stereocenters. The molecule has 8 heavy (non-hydrogen) atoms. The van der Waals surface area contributed by atoms with Gasteiger partial charge in [-0.15, -0.1) is 13.2 Å². The Kier molecular flexibility index (Phi) is 3.65. The van der Waals surface area contributed by atoms with Crippen LogP contribution in [0.3, 0.4) is 0 Å². The van der Waals surface area contributed by atoms with Crippen molar-refractivity contribution in [3.05, 3.63) is 25.3 Å². The van der Waals surface area contributed by atoms with E-state index >= 15 is 0 Å². The maximum atomic E-state index is 5.46. The molecule has 0 aromatic heterocycles. The molecule has 0 aliphatic heterocycles. The fourth-order valence-corrected chi connectivity index (χ4v) is 0.418. The van der Waals surface area contributed by atoms with Gasteiger partial charge in [-0.05, 0) is 0 Å². The minimum atomic E-state index is -0.0733. The summed E-state index contributed by atoms with van der Waals surface area (Å²) >= 11 is 4.09. The second-order valence-corrected chi connectivity index (χ2v) is 2.14. The summed E-state index contributed by atoms with van der Waals surface area (Å²) in [5.74, 6) is 0. The van der Waals surface area contributed by atoms with Gasteiger partial charge in [0.1, 0.15) is 0 Å². The number of nitrogens with two attached hydrogens (primary N) is 1. The predicted molar refractivity (Wildman–Crippen MR) is 41.1 cm³/mol. The van der Waals surface area contributed by atoms with Gasteiger partial charge in [0, 0.05) is 11.3 Å². The minimum Gasteiger partial charge on any atom is -0.323 e. The Hall–Kier alpha value is -0.210. The van der Waals surface area contributed by atoms with Crippen LogP contribution in [-0.4, -0.2) is 11.3 Å². The quantitative estimate of drug-likeness (QED) is 0.431. The summed E-state index contributed by atoms with van der Waals surface area (Å²) in [6.07, 6.45) is 3.34. The van der Waals surface area contributed by atoms with Crippen molar-refractivity contribution in [2.45, 2.75) is 11.3 Å². The molecule has 0 aromatic carbocycles. The van der Waals surface area contributed by atoms with E-state index < -0.39 is 0 Å². The van der Waals surface area contributed by atoms with Crippen LogP contribution >= 0.6 is 12.6 Å². The van der Waals surface area contributed by atoms with E-state index in [2.05, 4.69) is 25.8 Å². The van der Waals surface area contributed by atoms with E-state index in [1.807, 2.05) is 0 Å². The second kappa shape index (κ2) is 3.75. The minimum absolute atomic E-state index is 0.0347. The van der Waals surface area contributed by atoms with Crippen LogP contribution in [-0.2, 0) is 0 Å². The van der Waals surface area contributed by atoms with Gasteiger partial charge in [0.15, 0.2) is 0 Å². The number of hydrogen-bond acceptors (Lipinski definition) is 2. The van der Waals surface area contributed by atoms with Crippen molar-refractivity contribution in [1.29, 1.82) is 0 Å². The molecule has 0 bridgehead atoms. The van der Waals surface area contributed by atoms with Crippen LogP contribution in [0.25, 0.3) is 0 Å². The highest BCUT2D eigenvalue weighted by Gasteiger charge is 2.02. The smallest absolute Gasteiger partial charge is 0.0381 e. The van der Waals surface area contributed by atoms with Crippen LogP contribution in [0.2, 0.25) is 0 Å². The first-order chi connectivity index (χ1) is 3.72. The molecule has 0 aromatic rings. The molecule has 2 N–H and O–H groups in total. The molecule has 0 saturated carbocycles. The molecule has 2 unspecified atom stereocenters. The average molecular weight is 129 g/mol. The zero-order chi connectivity index (χ0) is 6.57. The van der Waals surface area contributed by atoms with E-state index in [0.29, 0.717) is 0 Å². The summed E-state index contributed by atoms with van der Waals surface area (Å²) in [7, 11) is 0. The third-order valence-corrected chi connectivity index (χ3v) is 1.46. The van der Waals surface area contributed by atoms with E-state index in [-0.39, 0.29) is 11.3 Å². The molecule has 46 valence electrons. The lowest BCUT2D eigenvalue weighted by molar-refractivity contribution is 0.858. The van der Waals surface area contributed by atoms with Gasteiger partial charge in [-0.25, -0.2) is 0 Å². The lowest BCUT2D eigenvalue weighted by atomic mass is 10.2. The van der Waals surface area contributed by atoms with Crippen molar-refractivity contribution < 1.29 is 0 Å². The fraction of sp³-hybridized carbons (Fsp3) is 0.333. The second-order valence-electron chi connectivity index (χ2n) is 1.54. The lowest BCUT2D eigenvalue weighted by Gasteiger charge is -2.08. The maximum Gasteiger partial charge on any atom is 0.0381 e. The Morgan fingerprint density at radius 2 is 1.88 bits per heavy atom. The molecule has 0 aliphatic carbocycles. The standard InChI is InChI=1S/C6H11NS/c1-3-5(7)6(8)4-2/h3-6,8H,1-2,7H2. The molecular weight excluding hydrogens is 118 g/mol. The van der Waals surface area contributed by atoms with Crippen LogP contribution < -0.4 is 5.73 Å². The summed E-state index contributed by atoms with van der Waals surface area (Å²) in [5.41, 5.74) is 5.46. The van der Waals surface area contributed by atoms with Crippen LogP contribution in [0.15, 0.2) is 25.3 Å². The molecule has 2 heteroatoms. The van der Waals surface area contributed by atoms with Crippen LogP contribution in [0.5, 0.6) is 0 Å². The topological polar surface area (TPSA) is 26.0 Å². The first-order valence-electron chi connectivity index (χ1n) is 2.41. The zero-order valence-corrected chi connectivity index (χ0v) is 5.64. The normalized spacial score (nSPS) is 16.8. The number of thiol groups is 1. The third-order valence-electron chi connectivity index (χ3n) is 0.908. The van der Waals surface area contributed by atoms with Crippen molar-refractivity contribution in [2.75, 3.05) is 0 Å². The summed E-state index contributed by atoms with van der Waals surface area (Å²) < 4.78 is 0. The van der Waals surface area contributed by atoms with Gasteiger partial charge in [0.05, 0.1) is 0 Å². The molecule has 0 aliphatic rings. The molecular formula is C6H11NS. The molecule has 0 saturated heterocycles. The van der Waals surface area contributed by atoms with Gasteiger partial charge < -0.3 is 5.73 Å². The SMILES string of the molecule is C=CC(N)C(S)C=C. The monoisotopic (exact) mass is 129 g/mol.